The molecule has 0 spiro atoms. The number of hydrogen-bond donors (Lipinski definition) is 2. The number of nitrogens with zero attached hydrogens (tertiary/aromatic N) is 1. The Labute approximate surface area is 149 Å². The maximum Gasteiger partial charge on any atom is 0.240 e. The Morgan fingerprint density at radius 2 is 1.92 bits per heavy atom. The fourth-order valence-electron chi connectivity index (χ4n) is 2.23. The molecule has 130 valence electrons. The average Bonchev–Trinajstić information content (AvgIpc) is 3.10. The highest BCUT2D eigenvalue weighted by Gasteiger charge is 2.11. The van der Waals surface area contributed by atoms with Crippen molar-refractivity contribution in [2.75, 3.05) is 12.4 Å². The number of hydrogen-bond acceptors (Lipinski definition) is 5. The smallest absolute Gasteiger partial charge is 0.240 e. The normalized spacial score (nSPS) is 11.4. The zero-order valence-corrected chi connectivity index (χ0v) is 15.0. The van der Waals surface area contributed by atoms with Gasteiger partial charge in [-0.05, 0) is 49.0 Å². The molecule has 1 aromatic heterocycles. The van der Waals surface area contributed by atoms with E-state index in [0.29, 0.717) is 11.7 Å². The van der Waals surface area contributed by atoms with Gasteiger partial charge in [-0.3, -0.25) is 0 Å². The first-order valence-electron chi connectivity index (χ1n) is 7.46. The lowest BCUT2D eigenvalue weighted by molar-refractivity contribution is 0.588. The highest BCUT2D eigenvalue weighted by molar-refractivity contribution is 7.89. The highest BCUT2D eigenvalue weighted by atomic mass is 32.2. The van der Waals surface area contributed by atoms with E-state index in [1.165, 1.54) is 30.5 Å². The van der Waals surface area contributed by atoms with Crippen LogP contribution in [-0.2, 0) is 16.6 Å². The van der Waals surface area contributed by atoms with Crippen molar-refractivity contribution in [3.8, 4) is 11.3 Å². The Balaban J connectivity index is 1.70. The maximum atomic E-state index is 13.0. The van der Waals surface area contributed by atoms with E-state index in [1.54, 1.807) is 30.3 Å². The van der Waals surface area contributed by atoms with E-state index in [4.69, 9.17) is 0 Å². The van der Waals surface area contributed by atoms with Crippen LogP contribution in [0.1, 0.15) is 5.56 Å². The second kappa shape index (κ2) is 7.30. The first-order valence-corrected chi connectivity index (χ1v) is 9.82. The molecule has 0 radical (unpaired) electrons. The predicted molar refractivity (Wildman–Crippen MR) is 97.5 cm³/mol. The van der Waals surface area contributed by atoms with E-state index in [1.807, 2.05) is 11.4 Å². The van der Waals surface area contributed by atoms with Crippen molar-refractivity contribution in [3.63, 3.8) is 0 Å². The van der Waals surface area contributed by atoms with Gasteiger partial charge in [0.2, 0.25) is 10.0 Å². The number of nitrogens with one attached hydrogen (secondary N) is 2. The van der Waals surface area contributed by atoms with E-state index in [2.05, 4.69) is 15.0 Å². The standard InChI is InChI=1S/C17H16FN3O2S2/c1-19-25(22,23)15-4-2-3-12(9-15)10-20-17-21-16(11-24-17)13-5-7-14(18)8-6-13/h2-9,11,19H,10H2,1H3,(H,20,21). The van der Waals surface area contributed by atoms with Crippen molar-refractivity contribution >= 4 is 26.5 Å². The molecule has 3 rings (SSSR count). The van der Waals surface area contributed by atoms with Gasteiger partial charge in [0.15, 0.2) is 5.13 Å². The van der Waals surface area contributed by atoms with Gasteiger partial charge in [-0.2, -0.15) is 0 Å². The van der Waals surface area contributed by atoms with Crippen molar-refractivity contribution in [2.24, 2.45) is 0 Å². The number of rotatable bonds is 6. The van der Waals surface area contributed by atoms with Crippen LogP contribution >= 0.6 is 11.3 Å². The van der Waals surface area contributed by atoms with Crippen LogP contribution < -0.4 is 10.0 Å². The van der Waals surface area contributed by atoms with Gasteiger partial charge in [-0.1, -0.05) is 12.1 Å². The molecule has 0 unspecified atom stereocenters. The molecule has 3 aromatic rings. The molecule has 0 saturated heterocycles. The number of sulfonamides is 1. The molecule has 0 bridgehead atoms. The first-order chi connectivity index (χ1) is 12.0. The van der Waals surface area contributed by atoms with Gasteiger partial charge >= 0.3 is 0 Å². The number of aromatic nitrogens is 1. The summed E-state index contributed by atoms with van der Waals surface area (Å²) in [4.78, 5) is 4.69. The summed E-state index contributed by atoms with van der Waals surface area (Å²) in [7, 11) is -2.08. The molecular weight excluding hydrogens is 361 g/mol. The van der Waals surface area contributed by atoms with E-state index in [-0.39, 0.29) is 10.7 Å². The summed E-state index contributed by atoms with van der Waals surface area (Å²) in [5.74, 6) is -0.284. The zero-order chi connectivity index (χ0) is 17.9. The van der Waals surface area contributed by atoms with E-state index >= 15 is 0 Å². The van der Waals surface area contributed by atoms with Gasteiger partial charge in [0, 0.05) is 17.5 Å². The molecule has 8 heteroatoms. The first kappa shape index (κ1) is 17.5. The van der Waals surface area contributed by atoms with Gasteiger partial charge in [-0.15, -0.1) is 11.3 Å². The monoisotopic (exact) mass is 377 g/mol. The third-order valence-electron chi connectivity index (χ3n) is 3.57. The Morgan fingerprint density at radius 3 is 2.64 bits per heavy atom. The summed E-state index contributed by atoms with van der Waals surface area (Å²) in [6, 6.07) is 12.9. The van der Waals surface area contributed by atoms with Crippen molar-refractivity contribution in [1.29, 1.82) is 0 Å². The van der Waals surface area contributed by atoms with Gasteiger partial charge in [-0.25, -0.2) is 22.5 Å². The summed E-state index contributed by atoms with van der Waals surface area (Å²) in [5.41, 5.74) is 2.43. The minimum absolute atomic E-state index is 0.223. The predicted octanol–water partition coefficient (Wildman–Crippen LogP) is 3.47. The fourth-order valence-corrected chi connectivity index (χ4v) is 3.74. The third kappa shape index (κ3) is 4.22. The van der Waals surface area contributed by atoms with E-state index in [0.717, 1.165) is 16.8 Å². The average molecular weight is 377 g/mol. The SMILES string of the molecule is CNS(=O)(=O)c1cccc(CNc2nc(-c3ccc(F)cc3)cs2)c1. The number of anilines is 1. The summed E-state index contributed by atoms with van der Waals surface area (Å²) < 4.78 is 39.0. The zero-order valence-electron chi connectivity index (χ0n) is 13.4. The number of halogens is 1. The van der Waals surface area contributed by atoms with Crippen LogP contribution in [0.5, 0.6) is 0 Å². The summed E-state index contributed by atoms with van der Waals surface area (Å²) in [6.45, 7) is 0.448. The summed E-state index contributed by atoms with van der Waals surface area (Å²) in [6.07, 6.45) is 0. The van der Waals surface area contributed by atoms with Crippen molar-refractivity contribution < 1.29 is 12.8 Å². The molecule has 0 atom stereocenters. The van der Waals surface area contributed by atoms with Crippen LogP contribution in [0.2, 0.25) is 0 Å². The van der Waals surface area contributed by atoms with E-state index < -0.39 is 10.0 Å². The van der Waals surface area contributed by atoms with Crippen LogP contribution in [0, 0.1) is 5.82 Å². The van der Waals surface area contributed by atoms with Gasteiger partial charge < -0.3 is 5.32 Å². The molecule has 0 aliphatic heterocycles. The largest absolute Gasteiger partial charge is 0.357 e. The molecular formula is C17H16FN3O2S2. The van der Waals surface area contributed by atoms with E-state index in [9.17, 15) is 12.8 Å². The van der Waals surface area contributed by atoms with Crippen molar-refractivity contribution in [1.82, 2.24) is 9.71 Å². The lowest BCUT2D eigenvalue weighted by Crippen LogP contribution is -2.18. The minimum atomic E-state index is -3.46. The van der Waals surface area contributed by atoms with Crippen LogP contribution in [0.4, 0.5) is 9.52 Å². The Hall–Kier alpha value is -2.29. The Morgan fingerprint density at radius 1 is 1.16 bits per heavy atom. The second-order valence-corrected chi connectivity index (χ2v) is 8.00. The van der Waals surface area contributed by atoms with Gasteiger partial charge in [0.05, 0.1) is 10.6 Å². The van der Waals surface area contributed by atoms with Crippen molar-refractivity contribution in [3.05, 3.63) is 65.3 Å². The molecule has 0 fully saturated rings. The van der Waals surface area contributed by atoms with Crippen LogP contribution in [0.15, 0.2) is 58.8 Å². The fraction of sp³-hybridized carbons (Fsp3) is 0.118. The maximum absolute atomic E-state index is 13.0. The molecule has 0 aliphatic rings. The molecule has 1 heterocycles. The highest BCUT2D eigenvalue weighted by Crippen LogP contribution is 2.25. The summed E-state index contributed by atoms with van der Waals surface area (Å²) in [5, 5.41) is 5.77. The lowest BCUT2D eigenvalue weighted by Gasteiger charge is -2.06. The van der Waals surface area contributed by atoms with Crippen LogP contribution in [0.3, 0.4) is 0 Å². The molecule has 0 amide bonds. The molecule has 2 aromatic carbocycles. The molecule has 2 N–H and O–H groups in total. The van der Waals surface area contributed by atoms with Gasteiger partial charge in [0.25, 0.3) is 0 Å². The number of benzene rings is 2. The molecule has 0 aliphatic carbocycles. The van der Waals surface area contributed by atoms with Crippen LogP contribution in [-0.4, -0.2) is 20.4 Å². The molecule has 0 saturated carbocycles. The lowest BCUT2D eigenvalue weighted by atomic mass is 10.2. The quantitative estimate of drug-likeness (QED) is 0.690. The second-order valence-electron chi connectivity index (χ2n) is 5.25. The van der Waals surface area contributed by atoms with Gasteiger partial charge in [0.1, 0.15) is 5.82 Å². The molecule has 5 nitrogen and oxygen atoms in total. The summed E-state index contributed by atoms with van der Waals surface area (Å²) >= 11 is 1.44. The van der Waals surface area contributed by atoms with Crippen molar-refractivity contribution in [2.45, 2.75) is 11.4 Å². The Kier molecular flexibility index (Phi) is 5.12. The number of thiazole rings is 1. The minimum Gasteiger partial charge on any atom is -0.357 e. The Bertz CT molecular complexity index is 970. The topological polar surface area (TPSA) is 71.1 Å². The molecule has 25 heavy (non-hydrogen) atoms. The van der Waals surface area contributed by atoms with Crippen LogP contribution in [0.25, 0.3) is 11.3 Å². The third-order valence-corrected chi connectivity index (χ3v) is 5.78.